The predicted octanol–water partition coefficient (Wildman–Crippen LogP) is 1.70. The van der Waals surface area contributed by atoms with Crippen LogP contribution in [0.5, 0.6) is 5.75 Å². The summed E-state index contributed by atoms with van der Waals surface area (Å²) in [7, 11) is -1.85. The van der Waals surface area contributed by atoms with Gasteiger partial charge in [0.1, 0.15) is 5.75 Å². The number of rotatable bonds is 4. The van der Waals surface area contributed by atoms with Crippen LogP contribution in [-0.4, -0.2) is 39.5 Å². The van der Waals surface area contributed by atoms with Crippen LogP contribution in [0.25, 0.3) is 0 Å². The fourth-order valence-electron chi connectivity index (χ4n) is 2.61. The van der Waals surface area contributed by atoms with E-state index >= 15 is 0 Å². The average molecular weight is 335 g/mol. The van der Waals surface area contributed by atoms with Crippen LogP contribution >= 0.6 is 12.4 Å². The van der Waals surface area contributed by atoms with Gasteiger partial charge in [0.05, 0.1) is 12.0 Å². The molecule has 5 nitrogen and oxygen atoms in total. The van der Waals surface area contributed by atoms with Crippen LogP contribution in [0.2, 0.25) is 0 Å². The monoisotopic (exact) mass is 334 g/mol. The topological polar surface area (TPSA) is 72.6 Å². The summed E-state index contributed by atoms with van der Waals surface area (Å²) in [5.74, 6) is 0.979. The van der Waals surface area contributed by atoms with Crippen molar-refractivity contribution in [1.82, 2.24) is 4.31 Å². The number of ether oxygens (including phenoxy) is 1. The van der Waals surface area contributed by atoms with Crippen molar-refractivity contribution in [2.75, 3.05) is 26.7 Å². The Morgan fingerprint density at radius 3 is 2.52 bits per heavy atom. The van der Waals surface area contributed by atoms with E-state index in [9.17, 15) is 8.42 Å². The highest BCUT2D eigenvalue weighted by molar-refractivity contribution is 7.89. The first-order valence-electron chi connectivity index (χ1n) is 6.75. The van der Waals surface area contributed by atoms with Crippen molar-refractivity contribution in [3.05, 3.63) is 23.3 Å². The van der Waals surface area contributed by atoms with Crippen LogP contribution in [0.1, 0.15) is 17.5 Å². The smallest absolute Gasteiger partial charge is 0.243 e. The molecule has 21 heavy (non-hydrogen) atoms. The van der Waals surface area contributed by atoms with Crippen LogP contribution < -0.4 is 10.5 Å². The largest absolute Gasteiger partial charge is 0.496 e. The highest BCUT2D eigenvalue weighted by Crippen LogP contribution is 2.30. The number of sulfonamides is 1. The lowest BCUT2D eigenvalue weighted by atomic mass is 10.1. The zero-order valence-corrected chi connectivity index (χ0v) is 14.3. The SMILES string of the molecule is COc1cc(C)c(S(=O)(=O)N2CCC(CN)C2)cc1C.Cl. The molecule has 1 atom stereocenters. The van der Waals surface area contributed by atoms with E-state index in [-0.39, 0.29) is 18.3 Å². The van der Waals surface area contributed by atoms with E-state index in [4.69, 9.17) is 10.5 Å². The molecule has 1 saturated heterocycles. The zero-order valence-electron chi connectivity index (χ0n) is 12.6. The Morgan fingerprint density at radius 2 is 2.00 bits per heavy atom. The number of halogens is 1. The second kappa shape index (κ2) is 6.96. The van der Waals surface area contributed by atoms with Gasteiger partial charge in [0, 0.05) is 13.1 Å². The first kappa shape index (κ1) is 18.2. The van der Waals surface area contributed by atoms with Crippen LogP contribution in [0, 0.1) is 19.8 Å². The van der Waals surface area contributed by atoms with Crippen molar-refractivity contribution >= 4 is 22.4 Å². The van der Waals surface area contributed by atoms with Crippen LogP contribution in [-0.2, 0) is 10.0 Å². The molecule has 1 unspecified atom stereocenters. The number of aryl methyl sites for hydroxylation is 2. The fraction of sp³-hybridized carbons (Fsp3) is 0.571. The normalized spacial score (nSPS) is 19.3. The number of hydrogen-bond acceptors (Lipinski definition) is 4. The second-order valence-electron chi connectivity index (χ2n) is 5.34. The molecule has 0 saturated carbocycles. The van der Waals surface area contributed by atoms with Crippen LogP contribution in [0.4, 0.5) is 0 Å². The van der Waals surface area contributed by atoms with Gasteiger partial charge in [-0.25, -0.2) is 8.42 Å². The number of methoxy groups -OCH3 is 1. The van der Waals surface area contributed by atoms with E-state index in [1.54, 1.807) is 30.5 Å². The number of hydrogen-bond donors (Lipinski definition) is 1. The zero-order chi connectivity index (χ0) is 14.9. The molecule has 0 bridgehead atoms. The molecule has 1 aromatic carbocycles. The van der Waals surface area contributed by atoms with Gasteiger partial charge in [-0.2, -0.15) is 4.31 Å². The maximum absolute atomic E-state index is 12.7. The summed E-state index contributed by atoms with van der Waals surface area (Å²) in [4.78, 5) is 0.369. The van der Waals surface area contributed by atoms with Crippen molar-refractivity contribution in [3.63, 3.8) is 0 Å². The molecule has 2 N–H and O–H groups in total. The molecule has 1 aromatic rings. The quantitative estimate of drug-likeness (QED) is 0.909. The first-order chi connectivity index (χ1) is 9.40. The molecular formula is C14H23ClN2O3S. The van der Waals surface area contributed by atoms with Gasteiger partial charge in [-0.05, 0) is 56.0 Å². The van der Waals surface area contributed by atoms with Gasteiger partial charge in [-0.15, -0.1) is 12.4 Å². The van der Waals surface area contributed by atoms with Crippen molar-refractivity contribution in [2.45, 2.75) is 25.2 Å². The maximum atomic E-state index is 12.7. The Labute approximate surface area is 132 Å². The number of benzene rings is 1. The molecular weight excluding hydrogens is 312 g/mol. The molecule has 0 aliphatic carbocycles. The summed E-state index contributed by atoms with van der Waals surface area (Å²) in [5, 5.41) is 0. The Balaban J connectivity index is 0.00000220. The minimum Gasteiger partial charge on any atom is -0.496 e. The molecule has 7 heteroatoms. The maximum Gasteiger partial charge on any atom is 0.243 e. The van der Waals surface area contributed by atoms with E-state index in [0.717, 1.165) is 12.0 Å². The summed E-state index contributed by atoms with van der Waals surface area (Å²) < 4.78 is 32.2. The van der Waals surface area contributed by atoms with Crippen molar-refractivity contribution in [3.8, 4) is 5.75 Å². The lowest BCUT2D eigenvalue weighted by Gasteiger charge is -2.19. The van der Waals surface area contributed by atoms with Gasteiger partial charge in [0.25, 0.3) is 0 Å². The van der Waals surface area contributed by atoms with Crippen molar-refractivity contribution in [1.29, 1.82) is 0 Å². The summed E-state index contributed by atoms with van der Waals surface area (Å²) in [6, 6.07) is 3.47. The highest BCUT2D eigenvalue weighted by atomic mass is 35.5. The molecule has 2 rings (SSSR count). The minimum atomic E-state index is -3.44. The van der Waals surface area contributed by atoms with Crippen molar-refractivity contribution in [2.24, 2.45) is 11.7 Å². The van der Waals surface area contributed by atoms with Crippen LogP contribution in [0.3, 0.4) is 0 Å². The first-order valence-corrected chi connectivity index (χ1v) is 8.19. The molecule has 120 valence electrons. The Hall–Kier alpha value is -0.820. The standard InChI is InChI=1S/C14H22N2O3S.ClH/c1-10-7-14(11(2)6-13(10)19-3)20(17,18)16-5-4-12(8-15)9-16;/h6-7,12H,4-5,8-9,15H2,1-3H3;1H. The molecule has 1 aliphatic rings. The molecule has 1 aliphatic heterocycles. The third-order valence-corrected chi connectivity index (χ3v) is 5.90. The van der Waals surface area contributed by atoms with Gasteiger partial charge < -0.3 is 10.5 Å². The lowest BCUT2D eigenvalue weighted by molar-refractivity contribution is 0.410. The Bertz CT molecular complexity index is 604. The molecule has 1 fully saturated rings. The summed E-state index contributed by atoms with van der Waals surface area (Å²) >= 11 is 0. The van der Waals surface area contributed by atoms with Gasteiger partial charge in [-0.3, -0.25) is 0 Å². The second-order valence-corrected chi connectivity index (χ2v) is 7.25. The van der Waals surface area contributed by atoms with Crippen LogP contribution in [0.15, 0.2) is 17.0 Å². The van der Waals surface area contributed by atoms with E-state index in [1.807, 2.05) is 6.92 Å². The van der Waals surface area contributed by atoms with Gasteiger partial charge in [-0.1, -0.05) is 0 Å². The van der Waals surface area contributed by atoms with E-state index in [1.165, 1.54) is 0 Å². The number of nitrogens with zero attached hydrogens (tertiary/aromatic N) is 1. The average Bonchev–Trinajstić information content (AvgIpc) is 2.90. The van der Waals surface area contributed by atoms with Gasteiger partial charge >= 0.3 is 0 Å². The highest BCUT2D eigenvalue weighted by Gasteiger charge is 2.33. The third kappa shape index (κ3) is 3.51. The Kier molecular flexibility index (Phi) is 6.04. The molecule has 1 heterocycles. The van der Waals surface area contributed by atoms with E-state index in [0.29, 0.717) is 35.8 Å². The lowest BCUT2D eigenvalue weighted by Crippen LogP contribution is -2.30. The molecule has 0 aromatic heterocycles. The van der Waals surface area contributed by atoms with E-state index in [2.05, 4.69) is 0 Å². The predicted molar refractivity (Wildman–Crippen MR) is 85.6 cm³/mol. The molecule has 0 amide bonds. The minimum absolute atomic E-state index is 0. The molecule has 0 radical (unpaired) electrons. The number of nitrogens with two attached hydrogens (primary N) is 1. The molecule has 0 spiro atoms. The summed E-state index contributed by atoms with van der Waals surface area (Å²) in [5.41, 5.74) is 7.17. The van der Waals surface area contributed by atoms with Gasteiger partial charge in [0.2, 0.25) is 10.0 Å². The van der Waals surface area contributed by atoms with E-state index < -0.39 is 10.0 Å². The third-order valence-electron chi connectivity index (χ3n) is 3.89. The Morgan fingerprint density at radius 1 is 1.33 bits per heavy atom. The summed E-state index contributed by atoms with van der Waals surface area (Å²) in [6.07, 6.45) is 0.837. The van der Waals surface area contributed by atoms with Crippen molar-refractivity contribution < 1.29 is 13.2 Å². The van der Waals surface area contributed by atoms with Gasteiger partial charge in [0.15, 0.2) is 0 Å². The fourth-order valence-corrected chi connectivity index (χ4v) is 4.43. The summed E-state index contributed by atoms with van der Waals surface area (Å²) in [6.45, 7) is 5.25.